The Bertz CT molecular complexity index is 796. The van der Waals surface area contributed by atoms with Crippen LogP contribution in [0.3, 0.4) is 0 Å². The number of pyridine rings is 1. The molecule has 0 N–H and O–H groups in total. The van der Waals surface area contributed by atoms with E-state index in [4.69, 9.17) is 9.47 Å². The molecule has 0 saturated heterocycles. The van der Waals surface area contributed by atoms with Gasteiger partial charge in [-0.15, -0.1) is 0 Å². The van der Waals surface area contributed by atoms with Gasteiger partial charge in [-0.2, -0.15) is 36.4 Å². The lowest BCUT2D eigenvalue weighted by molar-refractivity contribution is -0.141. The van der Waals surface area contributed by atoms with E-state index in [1.165, 1.54) is 19.2 Å². The van der Waals surface area contributed by atoms with Gasteiger partial charge in [0.1, 0.15) is 0 Å². The fourth-order valence-electron chi connectivity index (χ4n) is 1.81. The van der Waals surface area contributed by atoms with Crippen molar-refractivity contribution in [3.05, 3.63) is 41.8 Å². The SMILES string of the molecule is Cc1cc(OC=CCC(F)(F)F)nc(Oc2cc(C(F)(F)F)nn2C)c1. The minimum atomic E-state index is -4.63. The molecule has 2 heterocycles. The van der Waals surface area contributed by atoms with E-state index < -0.39 is 24.5 Å². The van der Waals surface area contributed by atoms with Crippen LogP contribution < -0.4 is 9.47 Å². The fraction of sp³-hybridized carbons (Fsp3) is 0.333. The largest absolute Gasteiger partial charge is 0.447 e. The predicted molar refractivity (Wildman–Crippen MR) is 77.7 cm³/mol. The topological polar surface area (TPSA) is 49.2 Å². The van der Waals surface area contributed by atoms with Crippen molar-refractivity contribution in [1.82, 2.24) is 14.8 Å². The van der Waals surface area contributed by atoms with Crippen molar-refractivity contribution in [3.63, 3.8) is 0 Å². The number of alkyl halides is 6. The van der Waals surface area contributed by atoms with E-state index in [0.717, 1.165) is 17.0 Å². The lowest BCUT2D eigenvalue weighted by Crippen LogP contribution is -2.06. The van der Waals surface area contributed by atoms with E-state index >= 15 is 0 Å². The standard InChI is InChI=1S/C15H13F6N3O2/c1-9-6-11(25-5-3-4-14(16,17)18)22-12(7-9)26-13-8-10(15(19,20)21)23-24(13)2/h3,5-8H,4H2,1-2H3. The van der Waals surface area contributed by atoms with Gasteiger partial charge >= 0.3 is 12.4 Å². The summed E-state index contributed by atoms with van der Waals surface area (Å²) < 4.78 is 85.2. The molecule has 0 aliphatic carbocycles. The maximum Gasteiger partial charge on any atom is 0.435 e. The normalized spacial score (nSPS) is 12.6. The van der Waals surface area contributed by atoms with Crippen molar-refractivity contribution in [1.29, 1.82) is 0 Å². The van der Waals surface area contributed by atoms with Gasteiger partial charge in [0, 0.05) is 25.2 Å². The van der Waals surface area contributed by atoms with Crippen LogP contribution in [0.5, 0.6) is 17.6 Å². The van der Waals surface area contributed by atoms with Crippen molar-refractivity contribution < 1.29 is 35.8 Å². The van der Waals surface area contributed by atoms with Gasteiger partial charge in [0.25, 0.3) is 0 Å². The molecule has 0 aromatic carbocycles. The molecule has 2 rings (SSSR count). The Hall–Kier alpha value is -2.72. The van der Waals surface area contributed by atoms with Crippen LogP contribution in [0, 0.1) is 6.92 Å². The molecule has 0 amide bonds. The molecule has 0 radical (unpaired) electrons. The monoisotopic (exact) mass is 381 g/mol. The molecule has 0 atom stereocenters. The zero-order valence-corrected chi connectivity index (χ0v) is 13.5. The van der Waals surface area contributed by atoms with E-state index in [9.17, 15) is 26.3 Å². The van der Waals surface area contributed by atoms with E-state index in [-0.39, 0.29) is 17.6 Å². The Morgan fingerprint density at radius 2 is 1.73 bits per heavy atom. The Labute approximate surface area is 143 Å². The van der Waals surface area contributed by atoms with Gasteiger partial charge in [-0.3, -0.25) is 0 Å². The Balaban J connectivity index is 2.14. The predicted octanol–water partition coefficient (Wildman–Crippen LogP) is 4.78. The summed E-state index contributed by atoms with van der Waals surface area (Å²) in [5.74, 6) is -0.383. The van der Waals surface area contributed by atoms with Gasteiger partial charge in [0.2, 0.25) is 17.6 Å². The molecule has 2 aromatic rings. The number of hydrogen-bond donors (Lipinski definition) is 0. The Kier molecular flexibility index (Phi) is 5.47. The molecule has 5 nitrogen and oxygen atoms in total. The van der Waals surface area contributed by atoms with Crippen molar-refractivity contribution in [2.45, 2.75) is 25.7 Å². The van der Waals surface area contributed by atoms with Crippen LogP contribution in [-0.2, 0) is 13.2 Å². The average Bonchev–Trinajstić information content (AvgIpc) is 2.83. The zero-order chi connectivity index (χ0) is 19.5. The lowest BCUT2D eigenvalue weighted by atomic mass is 10.3. The molecule has 0 spiro atoms. The molecule has 11 heteroatoms. The number of allylic oxidation sites excluding steroid dienone is 1. The summed E-state index contributed by atoms with van der Waals surface area (Å²) in [6.45, 7) is 1.63. The molecular formula is C15H13F6N3O2. The first-order valence-electron chi connectivity index (χ1n) is 7.10. The third-order valence-electron chi connectivity index (χ3n) is 2.89. The highest BCUT2D eigenvalue weighted by molar-refractivity contribution is 5.31. The highest BCUT2D eigenvalue weighted by Crippen LogP contribution is 2.32. The van der Waals surface area contributed by atoms with Gasteiger partial charge in [0.05, 0.1) is 12.7 Å². The van der Waals surface area contributed by atoms with E-state index in [1.54, 1.807) is 6.92 Å². The van der Waals surface area contributed by atoms with Crippen molar-refractivity contribution >= 4 is 0 Å². The number of hydrogen-bond acceptors (Lipinski definition) is 4. The van der Waals surface area contributed by atoms with Gasteiger partial charge in [0.15, 0.2) is 5.69 Å². The second-order valence-corrected chi connectivity index (χ2v) is 5.22. The Morgan fingerprint density at radius 1 is 1.08 bits per heavy atom. The van der Waals surface area contributed by atoms with E-state index in [1.807, 2.05) is 0 Å². The van der Waals surface area contributed by atoms with E-state index in [2.05, 4.69) is 10.1 Å². The number of halogens is 6. The molecule has 0 aliphatic heterocycles. The van der Waals surface area contributed by atoms with Crippen molar-refractivity contribution in [2.24, 2.45) is 7.05 Å². The van der Waals surface area contributed by atoms with Crippen LogP contribution in [0.15, 0.2) is 30.5 Å². The summed E-state index contributed by atoms with van der Waals surface area (Å²) in [5, 5.41) is 3.30. The number of nitrogens with zero attached hydrogens (tertiary/aromatic N) is 3. The summed E-state index contributed by atoms with van der Waals surface area (Å²) in [6, 6.07) is 3.55. The van der Waals surface area contributed by atoms with Gasteiger partial charge < -0.3 is 9.47 Å². The Morgan fingerprint density at radius 3 is 2.31 bits per heavy atom. The number of ether oxygens (including phenoxy) is 2. The number of rotatable bonds is 5. The summed E-state index contributed by atoms with van der Waals surface area (Å²) in [6.07, 6.45) is -8.57. The minimum absolute atomic E-state index is 0.0726. The summed E-state index contributed by atoms with van der Waals surface area (Å²) in [7, 11) is 1.26. The third kappa shape index (κ3) is 5.67. The second-order valence-electron chi connectivity index (χ2n) is 5.22. The molecule has 2 aromatic heterocycles. The van der Waals surface area contributed by atoms with Crippen LogP contribution in [-0.4, -0.2) is 20.9 Å². The maximum absolute atomic E-state index is 12.7. The highest BCUT2D eigenvalue weighted by Gasteiger charge is 2.35. The number of aryl methyl sites for hydroxylation is 2. The molecule has 0 unspecified atom stereocenters. The van der Waals surface area contributed by atoms with Gasteiger partial charge in [-0.05, 0) is 18.6 Å². The van der Waals surface area contributed by atoms with Gasteiger partial charge in [-0.25, -0.2) is 4.68 Å². The van der Waals surface area contributed by atoms with Gasteiger partial charge in [-0.1, -0.05) is 0 Å². The molecule has 0 aliphatic rings. The van der Waals surface area contributed by atoms with Crippen LogP contribution in [0.2, 0.25) is 0 Å². The minimum Gasteiger partial charge on any atom is -0.447 e. The lowest BCUT2D eigenvalue weighted by Gasteiger charge is -2.07. The molecule has 26 heavy (non-hydrogen) atoms. The van der Waals surface area contributed by atoms with Crippen molar-refractivity contribution in [2.75, 3.05) is 0 Å². The molecule has 0 bridgehead atoms. The summed E-state index contributed by atoms with van der Waals surface area (Å²) in [4.78, 5) is 3.88. The maximum atomic E-state index is 12.7. The third-order valence-corrected chi connectivity index (χ3v) is 2.89. The van der Waals surface area contributed by atoms with Crippen LogP contribution >= 0.6 is 0 Å². The van der Waals surface area contributed by atoms with Crippen LogP contribution in [0.4, 0.5) is 26.3 Å². The highest BCUT2D eigenvalue weighted by atomic mass is 19.4. The first kappa shape index (κ1) is 19.6. The van der Waals surface area contributed by atoms with Crippen molar-refractivity contribution in [3.8, 4) is 17.6 Å². The summed E-state index contributed by atoms with van der Waals surface area (Å²) in [5.41, 5.74) is -0.554. The second kappa shape index (κ2) is 7.26. The molecule has 0 saturated carbocycles. The quantitative estimate of drug-likeness (QED) is 0.553. The molecule has 142 valence electrons. The first-order chi connectivity index (χ1) is 11.9. The average molecular weight is 381 g/mol. The van der Waals surface area contributed by atoms with Crippen LogP contribution in [0.25, 0.3) is 0 Å². The number of aromatic nitrogens is 3. The zero-order valence-electron chi connectivity index (χ0n) is 13.5. The molecular weight excluding hydrogens is 368 g/mol. The molecule has 0 fully saturated rings. The fourth-order valence-corrected chi connectivity index (χ4v) is 1.81. The smallest absolute Gasteiger partial charge is 0.435 e. The first-order valence-corrected chi connectivity index (χ1v) is 7.10. The summed E-state index contributed by atoms with van der Waals surface area (Å²) >= 11 is 0. The van der Waals surface area contributed by atoms with E-state index in [0.29, 0.717) is 11.6 Å². The van der Waals surface area contributed by atoms with Crippen LogP contribution in [0.1, 0.15) is 17.7 Å².